The van der Waals surface area contributed by atoms with Crippen molar-refractivity contribution < 1.29 is 9.59 Å². The fourth-order valence-electron chi connectivity index (χ4n) is 2.81. The molecule has 0 heterocycles. The minimum Gasteiger partial charge on any atom is -0.385 e. The van der Waals surface area contributed by atoms with Gasteiger partial charge in [-0.1, -0.05) is 32.9 Å². The van der Waals surface area contributed by atoms with Crippen LogP contribution in [0.4, 0.5) is 5.69 Å². The fourth-order valence-corrected chi connectivity index (χ4v) is 2.81. The third kappa shape index (κ3) is 7.21. The summed E-state index contributed by atoms with van der Waals surface area (Å²) in [4.78, 5) is 23.7. The van der Waals surface area contributed by atoms with E-state index in [0.717, 1.165) is 6.42 Å². The Hall–Kier alpha value is -2.61. The largest absolute Gasteiger partial charge is 0.385 e. The molecule has 2 N–H and O–H groups in total. The molecule has 25 heavy (non-hydrogen) atoms. The van der Waals surface area contributed by atoms with Crippen LogP contribution in [0, 0.1) is 16.7 Å². The standard InChI is InChI=1S/C20H27N3O2/c1-14(24)15-8-7-9-17(10-15)23-18(25)16(11-21)12-22-20(5,6)13-19(2,3)4/h7-10,12,22H,13H2,1-6H3,(H,23,25)/b16-12-. The molecule has 1 aromatic rings. The van der Waals surface area contributed by atoms with Crippen molar-refractivity contribution in [2.45, 2.75) is 53.5 Å². The first-order valence-electron chi connectivity index (χ1n) is 8.24. The van der Waals surface area contributed by atoms with Crippen LogP contribution in [0.25, 0.3) is 0 Å². The normalized spacial score (nSPS) is 12.3. The second-order valence-corrected chi connectivity index (χ2v) is 8.03. The maximum Gasteiger partial charge on any atom is 0.267 e. The van der Waals surface area contributed by atoms with E-state index in [1.54, 1.807) is 24.3 Å². The predicted molar refractivity (Wildman–Crippen MR) is 100 cm³/mol. The zero-order valence-corrected chi connectivity index (χ0v) is 15.9. The maximum atomic E-state index is 12.3. The average molecular weight is 341 g/mol. The highest BCUT2D eigenvalue weighted by atomic mass is 16.1. The summed E-state index contributed by atoms with van der Waals surface area (Å²) in [6.45, 7) is 11.9. The van der Waals surface area contributed by atoms with Gasteiger partial charge in [0.1, 0.15) is 11.6 Å². The number of ketones is 1. The zero-order valence-electron chi connectivity index (χ0n) is 15.9. The summed E-state index contributed by atoms with van der Waals surface area (Å²) in [5, 5.41) is 15.1. The van der Waals surface area contributed by atoms with Crippen LogP contribution < -0.4 is 10.6 Å². The van der Waals surface area contributed by atoms with Crippen molar-refractivity contribution in [3.63, 3.8) is 0 Å². The van der Waals surface area contributed by atoms with Crippen LogP contribution in [0.3, 0.4) is 0 Å². The Balaban J connectivity index is 2.86. The Morgan fingerprint density at radius 1 is 1.20 bits per heavy atom. The molecule has 0 spiro atoms. The topological polar surface area (TPSA) is 82.0 Å². The van der Waals surface area contributed by atoms with Crippen molar-refractivity contribution in [1.29, 1.82) is 5.26 Å². The highest BCUT2D eigenvalue weighted by Crippen LogP contribution is 2.26. The smallest absolute Gasteiger partial charge is 0.267 e. The van der Waals surface area contributed by atoms with Crippen LogP contribution in [0.5, 0.6) is 0 Å². The molecule has 1 aromatic carbocycles. The van der Waals surface area contributed by atoms with E-state index < -0.39 is 5.91 Å². The Bertz CT molecular complexity index is 719. The number of carbonyl (C=O) groups is 2. The van der Waals surface area contributed by atoms with Gasteiger partial charge >= 0.3 is 0 Å². The number of nitrogens with zero attached hydrogens (tertiary/aromatic N) is 1. The van der Waals surface area contributed by atoms with Gasteiger partial charge in [-0.2, -0.15) is 5.26 Å². The second-order valence-electron chi connectivity index (χ2n) is 8.03. The number of benzene rings is 1. The zero-order chi connectivity index (χ0) is 19.3. The number of nitrogens with one attached hydrogen (secondary N) is 2. The van der Waals surface area contributed by atoms with Gasteiger partial charge in [0.2, 0.25) is 0 Å². The van der Waals surface area contributed by atoms with Crippen LogP contribution in [0.1, 0.15) is 58.3 Å². The monoisotopic (exact) mass is 341 g/mol. The van der Waals surface area contributed by atoms with Gasteiger partial charge in [0.25, 0.3) is 5.91 Å². The lowest BCUT2D eigenvalue weighted by molar-refractivity contribution is -0.112. The van der Waals surface area contributed by atoms with Crippen LogP contribution in [0.2, 0.25) is 0 Å². The van der Waals surface area contributed by atoms with Gasteiger partial charge in [-0.15, -0.1) is 0 Å². The van der Waals surface area contributed by atoms with E-state index in [9.17, 15) is 14.9 Å². The first-order chi connectivity index (χ1) is 11.4. The van der Waals surface area contributed by atoms with Gasteiger partial charge in [-0.3, -0.25) is 9.59 Å². The lowest BCUT2D eigenvalue weighted by Crippen LogP contribution is -2.39. The molecule has 0 atom stereocenters. The van der Waals surface area contributed by atoms with Crippen molar-refractivity contribution in [2.24, 2.45) is 5.41 Å². The molecular weight excluding hydrogens is 314 g/mol. The molecule has 0 aliphatic rings. The molecule has 0 radical (unpaired) electrons. The van der Waals surface area contributed by atoms with E-state index >= 15 is 0 Å². The summed E-state index contributed by atoms with van der Waals surface area (Å²) in [6.07, 6.45) is 2.33. The molecule has 0 aromatic heterocycles. The molecule has 134 valence electrons. The van der Waals surface area contributed by atoms with Crippen molar-refractivity contribution in [3.05, 3.63) is 41.6 Å². The first-order valence-corrected chi connectivity index (χ1v) is 8.24. The minimum absolute atomic E-state index is 0.0183. The molecule has 1 rings (SSSR count). The Morgan fingerprint density at radius 2 is 1.84 bits per heavy atom. The number of Topliss-reactive ketones (excluding diaryl/α,β-unsaturated/α-hetero) is 1. The van der Waals surface area contributed by atoms with E-state index in [1.807, 2.05) is 19.9 Å². The molecule has 0 unspecified atom stereocenters. The van der Waals surface area contributed by atoms with Crippen LogP contribution in [-0.4, -0.2) is 17.2 Å². The lowest BCUT2D eigenvalue weighted by Gasteiger charge is -2.33. The van der Waals surface area contributed by atoms with Crippen molar-refractivity contribution >= 4 is 17.4 Å². The molecule has 0 fully saturated rings. The number of hydrogen-bond donors (Lipinski definition) is 2. The lowest BCUT2D eigenvalue weighted by atomic mass is 9.82. The quantitative estimate of drug-likeness (QED) is 0.465. The second kappa shape index (κ2) is 7.98. The molecular formula is C20H27N3O2. The van der Waals surface area contributed by atoms with Gasteiger partial charge < -0.3 is 10.6 Å². The van der Waals surface area contributed by atoms with Crippen LogP contribution in [0.15, 0.2) is 36.0 Å². The number of carbonyl (C=O) groups excluding carboxylic acids is 2. The third-order valence-electron chi connectivity index (χ3n) is 3.47. The molecule has 5 nitrogen and oxygen atoms in total. The van der Waals surface area contributed by atoms with Crippen LogP contribution in [-0.2, 0) is 4.79 Å². The van der Waals surface area contributed by atoms with E-state index in [-0.39, 0.29) is 22.3 Å². The summed E-state index contributed by atoms with van der Waals surface area (Å²) >= 11 is 0. The third-order valence-corrected chi connectivity index (χ3v) is 3.47. The number of amides is 1. The van der Waals surface area contributed by atoms with Gasteiger partial charge in [0, 0.05) is 23.0 Å². The highest BCUT2D eigenvalue weighted by molar-refractivity contribution is 6.07. The summed E-state index contributed by atoms with van der Waals surface area (Å²) in [7, 11) is 0. The van der Waals surface area contributed by atoms with Crippen molar-refractivity contribution in [3.8, 4) is 6.07 Å². The number of anilines is 1. The summed E-state index contributed by atoms with van der Waals surface area (Å²) in [5.74, 6) is -0.597. The molecule has 5 heteroatoms. The summed E-state index contributed by atoms with van der Waals surface area (Å²) in [6, 6.07) is 8.54. The van der Waals surface area contributed by atoms with Gasteiger partial charge in [0.05, 0.1) is 0 Å². The number of hydrogen-bond acceptors (Lipinski definition) is 4. The van der Waals surface area contributed by atoms with Gasteiger partial charge in [0.15, 0.2) is 5.78 Å². The molecule has 0 saturated heterocycles. The predicted octanol–water partition coefficient (Wildman–Crippen LogP) is 4.04. The van der Waals surface area contributed by atoms with Crippen LogP contribution >= 0.6 is 0 Å². The SMILES string of the molecule is CC(=O)c1cccc(NC(=O)/C(C#N)=C\NC(C)(C)CC(C)(C)C)c1. The number of rotatable bonds is 6. The van der Waals surface area contributed by atoms with Crippen molar-refractivity contribution in [2.75, 3.05) is 5.32 Å². The Morgan fingerprint density at radius 3 is 2.36 bits per heavy atom. The molecule has 0 aliphatic heterocycles. The molecule has 0 saturated carbocycles. The first kappa shape index (κ1) is 20.4. The van der Waals surface area contributed by atoms with Crippen molar-refractivity contribution in [1.82, 2.24) is 5.32 Å². The van der Waals surface area contributed by atoms with Gasteiger partial charge in [-0.25, -0.2) is 0 Å². The van der Waals surface area contributed by atoms with E-state index in [1.165, 1.54) is 13.1 Å². The number of nitriles is 1. The Kier molecular flexibility index (Phi) is 6.52. The van der Waals surface area contributed by atoms with Gasteiger partial charge in [-0.05, 0) is 44.7 Å². The molecule has 1 amide bonds. The average Bonchev–Trinajstić information content (AvgIpc) is 2.45. The fraction of sp³-hybridized carbons (Fsp3) is 0.450. The molecule has 0 bridgehead atoms. The van der Waals surface area contributed by atoms with E-state index in [2.05, 4.69) is 31.4 Å². The summed E-state index contributed by atoms with van der Waals surface area (Å²) < 4.78 is 0. The van der Waals surface area contributed by atoms with E-state index in [4.69, 9.17) is 0 Å². The maximum absolute atomic E-state index is 12.3. The Labute approximate surface area is 150 Å². The molecule has 0 aliphatic carbocycles. The highest BCUT2D eigenvalue weighted by Gasteiger charge is 2.24. The van der Waals surface area contributed by atoms with E-state index in [0.29, 0.717) is 11.3 Å². The summed E-state index contributed by atoms with van der Waals surface area (Å²) in [5.41, 5.74) is 0.828. The minimum atomic E-state index is -0.512.